The van der Waals surface area contributed by atoms with E-state index in [4.69, 9.17) is 17.3 Å². The van der Waals surface area contributed by atoms with Gasteiger partial charge in [-0.15, -0.1) is 0 Å². The number of hydrogen-bond donors (Lipinski definition) is 2. The minimum atomic E-state index is -0.389. The number of nitrogens with two attached hydrogens (primary N) is 1. The van der Waals surface area contributed by atoms with Crippen molar-refractivity contribution < 1.29 is 4.79 Å². The van der Waals surface area contributed by atoms with Gasteiger partial charge in [0, 0.05) is 17.1 Å². The van der Waals surface area contributed by atoms with Gasteiger partial charge in [-0.3, -0.25) is 4.79 Å². The first-order valence-corrected chi connectivity index (χ1v) is 6.55. The number of nitrogens with one attached hydrogen (secondary N) is 1. The highest BCUT2D eigenvalue weighted by Gasteiger charge is 2.51. The van der Waals surface area contributed by atoms with Crippen molar-refractivity contribution in [3.63, 3.8) is 0 Å². The van der Waals surface area contributed by atoms with E-state index in [0.717, 1.165) is 18.4 Å². The van der Waals surface area contributed by atoms with Crippen LogP contribution in [0.2, 0.25) is 5.02 Å². The molecule has 98 valence electrons. The molecule has 18 heavy (non-hydrogen) atoms. The lowest BCUT2D eigenvalue weighted by atomic mass is 9.94. The first kappa shape index (κ1) is 13.4. The van der Waals surface area contributed by atoms with Gasteiger partial charge in [0.1, 0.15) is 0 Å². The Bertz CT molecular complexity index is 461. The lowest BCUT2D eigenvalue weighted by Gasteiger charge is -2.22. The zero-order valence-corrected chi connectivity index (χ0v) is 11.6. The molecule has 1 aromatic rings. The number of rotatable bonds is 4. The molecule has 0 bridgehead atoms. The molecule has 2 rings (SSSR count). The topological polar surface area (TPSA) is 55.1 Å². The summed E-state index contributed by atoms with van der Waals surface area (Å²) >= 11 is 5.98. The van der Waals surface area contributed by atoms with E-state index in [0.29, 0.717) is 11.6 Å². The quantitative estimate of drug-likeness (QED) is 0.878. The summed E-state index contributed by atoms with van der Waals surface area (Å²) in [6.45, 7) is 4.27. The molecular weight excluding hydrogens is 248 g/mol. The summed E-state index contributed by atoms with van der Waals surface area (Å²) < 4.78 is 0. The minimum Gasteiger partial charge on any atom is -0.354 e. The Kier molecular flexibility index (Phi) is 3.39. The average molecular weight is 267 g/mol. The van der Waals surface area contributed by atoms with E-state index in [1.54, 1.807) is 0 Å². The number of amides is 1. The molecule has 1 amide bonds. The third-order valence-electron chi connectivity index (χ3n) is 3.27. The molecule has 0 saturated heterocycles. The molecule has 1 aliphatic carbocycles. The van der Waals surface area contributed by atoms with E-state index >= 15 is 0 Å². The molecule has 0 atom stereocenters. The summed E-state index contributed by atoms with van der Waals surface area (Å²) in [6.07, 6.45) is 1.76. The van der Waals surface area contributed by atoms with Crippen LogP contribution < -0.4 is 11.1 Å². The van der Waals surface area contributed by atoms with Crippen molar-refractivity contribution in [3.05, 3.63) is 34.9 Å². The fraction of sp³-hybridized carbons (Fsp3) is 0.500. The molecule has 3 nitrogen and oxygen atoms in total. The Balaban J connectivity index is 2.10. The first-order valence-electron chi connectivity index (χ1n) is 6.17. The van der Waals surface area contributed by atoms with Crippen molar-refractivity contribution in [1.29, 1.82) is 0 Å². The van der Waals surface area contributed by atoms with Crippen LogP contribution >= 0.6 is 11.6 Å². The predicted molar refractivity (Wildman–Crippen MR) is 73.6 cm³/mol. The Labute approximate surface area is 113 Å². The maximum atomic E-state index is 12.3. The van der Waals surface area contributed by atoms with Gasteiger partial charge in [0.05, 0.1) is 5.41 Å². The first-order chi connectivity index (χ1) is 8.33. The van der Waals surface area contributed by atoms with Gasteiger partial charge in [-0.2, -0.15) is 0 Å². The predicted octanol–water partition coefficient (Wildman–Crippen LogP) is 2.23. The highest BCUT2D eigenvalue weighted by atomic mass is 35.5. The summed E-state index contributed by atoms with van der Waals surface area (Å²) in [5.41, 5.74) is 6.11. The lowest BCUT2D eigenvalue weighted by molar-refractivity contribution is -0.123. The third kappa shape index (κ3) is 2.85. The highest BCUT2D eigenvalue weighted by Crippen LogP contribution is 2.48. The Morgan fingerprint density at radius 2 is 2.17 bits per heavy atom. The molecule has 1 fully saturated rings. The zero-order valence-electron chi connectivity index (χ0n) is 10.8. The summed E-state index contributed by atoms with van der Waals surface area (Å²) in [5, 5.41) is 3.61. The number of hydrogen-bond acceptors (Lipinski definition) is 2. The number of halogens is 1. The van der Waals surface area contributed by atoms with Crippen LogP contribution in [-0.4, -0.2) is 18.0 Å². The number of benzene rings is 1. The fourth-order valence-electron chi connectivity index (χ4n) is 2.04. The molecule has 1 saturated carbocycles. The molecule has 1 aromatic carbocycles. The smallest absolute Gasteiger partial charge is 0.230 e. The molecule has 0 spiro atoms. The van der Waals surface area contributed by atoms with E-state index in [1.165, 1.54) is 0 Å². The van der Waals surface area contributed by atoms with Gasteiger partial charge >= 0.3 is 0 Å². The SMILES string of the molecule is CC(C)(N)CNC(=O)C1(c2cccc(Cl)c2)CC1. The largest absolute Gasteiger partial charge is 0.354 e. The van der Waals surface area contributed by atoms with E-state index in [2.05, 4.69) is 5.32 Å². The Morgan fingerprint density at radius 1 is 1.50 bits per heavy atom. The van der Waals surface area contributed by atoms with Gasteiger partial charge in [-0.25, -0.2) is 0 Å². The van der Waals surface area contributed by atoms with E-state index < -0.39 is 0 Å². The van der Waals surface area contributed by atoms with E-state index in [9.17, 15) is 4.79 Å². The second kappa shape index (κ2) is 4.56. The number of carbonyl (C=O) groups is 1. The van der Waals surface area contributed by atoms with Crippen LogP contribution in [0.1, 0.15) is 32.3 Å². The van der Waals surface area contributed by atoms with Crippen molar-refractivity contribution in [2.45, 2.75) is 37.6 Å². The average Bonchev–Trinajstić information content (AvgIpc) is 3.06. The molecule has 0 aromatic heterocycles. The van der Waals surface area contributed by atoms with Crippen LogP contribution in [-0.2, 0) is 10.2 Å². The normalized spacial score (nSPS) is 17.3. The van der Waals surface area contributed by atoms with Crippen LogP contribution in [0.15, 0.2) is 24.3 Å². The maximum absolute atomic E-state index is 12.3. The third-order valence-corrected chi connectivity index (χ3v) is 3.50. The van der Waals surface area contributed by atoms with Gasteiger partial charge < -0.3 is 11.1 Å². The molecular formula is C14H19ClN2O. The molecule has 1 aliphatic rings. The van der Waals surface area contributed by atoms with Crippen LogP contribution in [0.3, 0.4) is 0 Å². The second-order valence-corrected chi connectivity index (χ2v) is 6.20. The highest BCUT2D eigenvalue weighted by molar-refractivity contribution is 6.30. The number of carbonyl (C=O) groups excluding carboxylic acids is 1. The van der Waals surface area contributed by atoms with Crippen molar-refractivity contribution in [3.8, 4) is 0 Å². The second-order valence-electron chi connectivity index (χ2n) is 5.76. The minimum absolute atomic E-state index is 0.0586. The summed E-state index contributed by atoms with van der Waals surface area (Å²) in [5.74, 6) is 0.0586. The van der Waals surface area contributed by atoms with E-state index in [1.807, 2.05) is 38.1 Å². The Hall–Kier alpha value is -1.06. The van der Waals surface area contributed by atoms with Gasteiger partial charge in [0.25, 0.3) is 0 Å². The molecule has 0 aliphatic heterocycles. The lowest BCUT2D eigenvalue weighted by Crippen LogP contribution is -2.47. The molecule has 4 heteroatoms. The van der Waals surface area contributed by atoms with Crippen LogP contribution in [0.25, 0.3) is 0 Å². The van der Waals surface area contributed by atoms with Crippen LogP contribution in [0.4, 0.5) is 0 Å². The summed E-state index contributed by atoms with van der Waals surface area (Å²) in [7, 11) is 0. The standard InChI is InChI=1S/C14H19ClN2O/c1-13(2,16)9-17-12(18)14(6-7-14)10-4-3-5-11(15)8-10/h3-5,8H,6-7,9,16H2,1-2H3,(H,17,18). The molecule has 3 N–H and O–H groups in total. The van der Waals surface area contributed by atoms with Crippen LogP contribution in [0, 0.1) is 0 Å². The molecule has 0 unspecified atom stereocenters. The molecule has 0 radical (unpaired) electrons. The van der Waals surface area contributed by atoms with Crippen molar-refractivity contribution in [1.82, 2.24) is 5.32 Å². The summed E-state index contributed by atoms with van der Waals surface area (Å²) in [6, 6.07) is 7.55. The van der Waals surface area contributed by atoms with Gasteiger partial charge in [-0.1, -0.05) is 23.7 Å². The van der Waals surface area contributed by atoms with Gasteiger partial charge in [0.2, 0.25) is 5.91 Å². The van der Waals surface area contributed by atoms with Crippen molar-refractivity contribution >= 4 is 17.5 Å². The van der Waals surface area contributed by atoms with Gasteiger partial charge in [-0.05, 0) is 44.4 Å². The van der Waals surface area contributed by atoms with Crippen molar-refractivity contribution in [2.75, 3.05) is 6.54 Å². The molecule has 0 heterocycles. The zero-order chi connectivity index (χ0) is 13.4. The van der Waals surface area contributed by atoms with E-state index in [-0.39, 0.29) is 16.9 Å². The van der Waals surface area contributed by atoms with Crippen LogP contribution in [0.5, 0.6) is 0 Å². The maximum Gasteiger partial charge on any atom is 0.230 e. The van der Waals surface area contributed by atoms with Gasteiger partial charge in [0.15, 0.2) is 0 Å². The van der Waals surface area contributed by atoms with Crippen molar-refractivity contribution in [2.24, 2.45) is 5.73 Å². The fourth-order valence-corrected chi connectivity index (χ4v) is 2.23. The monoisotopic (exact) mass is 266 g/mol. The Morgan fingerprint density at radius 3 is 2.67 bits per heavy atom. The summed E-state index contributed by atoms with van der Waals surface area (Å²) in [4.78, 5) is 12.3.